The molecule has 0 radical (unpaired) electrons. The van der Waals surface area contributed by atoms with Gasteiger partial charge in [-0.15, -0.1) is 0 Å². The van der Waals surface area contributed by atoms with Crippen LogP contribution in [0.3, 0.4) is 0 Å². The summed E-state index contributed by atoms with van der Waals surface area (Å²) in [6, 6.07) is 15.8. The number of anilines is 1. The maximum absolute atomic E-state index is 12.7. The highest BCUT2D eigenvalue weighted by Gasteiger charge is 2.36. The molecule has 5 heteroatoms. The van der Waals surface area contributed by atoms with E-state index in [1.54, 1.807) is 11.8 Å². The van der Waals surface area contributed by atoms with Crippen molar-refractivity contribution in [1.29, 1.82) is 0 Å². The van der Waals surface area contributed by atoms with Gasteiger partial charge in [-0.3, -0.25) is 4.79 Å². The molecule has 22 heavy (non-hydrogen) atoms. The van der Waals surface area contributed by atoms with E-state index >= 15 is 0 Å². The number of nitrogens with zero attached hydrogens (tertiary/aromatic N) is 1. The van der Waals surface area contributed by atoms with Gasteiger partial charge in [-0.2, -0.15) is 0 Å². The Morgan fingerprint density at radius 1 is 1.14 bits per heavy atom. The number of ketones is 1. The predicted octanol–water partition coefficient (Wildman–Crippen LogP) is 3.22. The Kier molecular flexibility index (Phi) is 3.31. The summed E-state index contributed by atoms with van der Waals surface area (Å²) in [7, 11) is -0.185. The smallest absolute Gasteiger partial charge is 0.234 e. The van der Waals surface area contributed by atoms with Gasteiger partial charge in [0.05, 0.1) is 11.3 Å². The standard InChI is InChI=1S/C17H15NO2SSi/c1-22-10-18-12-7-3-5-9-14(12)21-17(18)16-15(19)11-6-2-4-8-13(11)20-16/h2-9H,10,22H2,1H3. The molecule has 0 bridgehead atoms. The summed E-state index contributed by atoms with van der Waals surface area (Å²) in [6.07, 6.45) is 1.01. The Morgan fingerprint density at radius 3 is 2.73 bits per heavy atom. The van der Waals surface area contributed by atoms with Crippen LogP contribution in [0.25, 0.3) is 0 Å². The summed E-state index contributed by atoms with van der Waals surface area (Å²) in [5.74, 6) is 1.14. The monoisotopic (exact) mass is 325 g/mol. The van der Waals surface area contributed by atoms with Gasteiger partial charge in [0.2, 0.25) is 11.5 Å². The lowest BCUT2D eigenvalue weighted by atomic mass is 10.1. The molecule has 0 aliphatic carbocycles. The molecule has 0 spiro atoms. The molecule has 2 aromatic carbocycles. The SMILES string of the molecule is C[SiH2]CN1C(=C2Oc3ccccc3C2=O)Sc2ccccc21. The molecule has 0 unspecified atom stereocenters. The topological polar surface area (TPSA) is 29.5 Å². The van der Waals surface area contributed by atoms with E-state index < -0.39 is 0 Å². The van der Waals surface area contributed by atoms with Crippen molar-refractivity contribution in [2.75, 3.05) is 11.1 Å². The lowest BCUT2D eigenvalue weighted by molar-refractivity contribution is 0.101. The van der Waals surface area contributed by atoms with Crippen LogP contribution in [0.4, 0.5) is 5.69 Å². The maximum atomic E-state index is 12.7. The zero-order valence-electron chi connectivity index (χ0n) is 12.2. The number of rotatable bonds is 2. The first-order valence-electron chi connectivity index (χ1n) is 7.40. The van der Waals surface area contributed by atoms with E-state index in [4.69, 9.17) is 4.74 Å². The number of ether oxygens (including phenoxy) is 1. The van der Waals surface area contributed by atoms with Crippen molar-refractivity contribution in [3.05, 3.63) is 64.9 Å². The minimum absolute atomic E-state index is 0.00586. The quantitative estimate of drug-likeness (QED) is 0.626. The maximum Gasteiger partial charge on any atom is 0.234 e. The first kappa shape index (κ1) is 13.7. The van der Waals surface area contributed by atoms with E-state index in [1.807, 2.05) is 36.4 Å². The third kappa shape index (κ3) is 2.00. The Hall–Kier alpha value is -1.98. The zero-order valence-corrected chi connectivity index (χ0v) is 14.4. The van der Waals surface area contributed by atoms with Crippen LogP contribution in [-0.4, -0.2) is 21.5 Å². The van der Waals surface area contributed by atoms with Crippen molar-refractivity contribution in [3.8, 4) is 5.75 Å². The third-order valence-electron chi connectivity index (χ3n) is 3.80. The molecular weight excluding hydrogens is 310 g/mol. The van der Waals surface area contributed by atoms with Crippen LogP contribution in [0.1, 0.15) is 10.4 Å². The van der Waals surface area contributed by atoms with Crippen molar-refractivity contribution < 1.29 is 9.53 Å². The minimum Gasteiger partial charge on any atom is -0.450 e. The van der Waals surface area contributed by atoms with Crippen LogP contribution in [0.5, 0.6) is 5.75 Å². The van der Waals surface area contributed by atoms with Crippen LogP contribution < -0.4 is 9.64 Å². The zero-order chi connectivity index (χ0) is 15.1. The lowest BCUT2D eigenvalue weighted by Gasteiger charge is -2.20. The number of hydrogen-bond acceptors (Lipinski definition) is 4. The average Bonchev–Trinajstić information content (AvgIpc) is 3.07. The summed E-state index contributed by atoms with van der Waals surface area (Å²) < 4.78 is 5.89. The highest BCUT2D eigenvalue weighted by Crippen LogP contribution is 2.48. The molecule has 0 saturated carbocycles. The van der Waals surface area contributed by atoms with Gasteiger partial charge >= 0.3 is 0 Å². The molecule has 3 nitrogen and oxygen atoms in total. The van der Waals surface area contributed by atoms with Gasteiger partial charge in [0, 0.05) is 20.6 Å². The van der Waals surface area contributed by atoms with Gasteiger partial charge in [0.1, 0.15) is 10.8 Å². The normalized spacial score (nSPS) is 19.7. The molecule has 0 amide bonds. The Balaban J connectivity index is 1.82. The number of carbonyl (C=O) groups is 1. The Bertz CT molecular complexity index is 803. The average molecular weight is 325 g/mol. The largest absolute Gasteiger partial charge is 0.450 e. The number of para-hydroxylation sites is 2. The number of hydrogen-bond donors (Lipinski definition) is 0. The first-order valence-corrected chi connectivity index (χ1v) is 10.6. The molecule has 110 valence electrons. The van der Waals surface area contributed by atoms with E-state index in [0.717, 1.165) is 11.2 Å². The highest BCUT2D eigenvalue weighted by molar-refractivity contribution is 8.03. The summed E-state index contributed by atoms with van der Waals surface area (Å²) in [6.45, 7) is 2.28. The molecule has 0 atom stereocenters. The van der Waals surface area contributed by atoms with Crippen molar-refractivity contribution in [2.45, 2.75) is 11.4 Å². The summed E-state index contributed by atoms with van der Waals surface area (Å²) in [4.78, 5) is 16.1. The molecule has 2 aliphatic rings. The number of carbonyl (C=O) groups excluding carboxylic acids is 1. The number of benzene rings is 2. The number of thioether (sulfide) groups is 1. The van der Waals surface area contributed by atoms with Crippen molar-refractivity contribution in [1.82, 2.24) is 0 Å². The second kappa shape index (κ2) is 5.33. The van der Waals surface area contributed by atoms with Crippen LogP contribution in [0.15, 0.2) is 64.2 Å². The fraction of sp³-hybridized carbons (Fsp3) is 0.118. The van der Waals surface area contributed by atoms with Crippen LogP contribution in [-0.2, 0) is 0 Å². The van der Waals surface area contributed by atoms with Gasteiger partial charge in [-0.05, 0) is 24.3 Å². The fourth-order valence-electron chi connectivity index (χ4n) is 2.81. The third-order valence-corrected chi connectivity index (χ3v) is 5.86. The molecule has 4 rings (SSSR count). The van der Waals surface area contributed by atoms with Gasteiger partial charge < -0.3 is 9.64 Å². The van der Waals surface area contributed by atoms with Crippen LogP contribution in [0.2, 0.25) is 6.55 Å². The molecule has 2 heterocycles. The number of Topliss-reactive ketones (excluding diaryl/α,β-unsaturated/α-hetero) is 1. The van der Waals surface area contributed by atoms with E-state index in [1.165, 1.54) is 10.6 Å². The van der Waals surface area contributed by atoms with Gasteiger partial charge in [0.25, 0.3) is 0 Å². The molecule has 2 aliphatic heterocycles. The second-order valence-corrected chi connectivity index (χ2v) is 7.76. The van der Waals surface area contributed by atoms with Crippen LogP contribution >= 0.6 is 11.8 Å². The molecule has 0 saturated heterocycles. The van der Waals surface area contributed by atoms with E-state index in [9.17, 15) is 4.79 Å². The van der Waals surface area contributed by atoms with Crippen LogP contribution in [0, 0.1) is 0 Å². The van der Waals surface area contributed by atoms with Gasteiger partial charge in [-0.25, -0.2) is 0 Å². The van der Waals surface area contributed by atoms with Gasteiger partial charge in [0.15, 0.2) is 0 Å². The van der Waals surface area contributed by atoms with E-state index in [0.29, 0.717) is 17.1 Å². The molecule has 0 fully saturated rings. The number of allylic oxidation sites excluding steroid dienone is 1. The fourth-order valence-corrected chi connectivity index (χ4v) is 5.05. The van der Waals surface area contributed by atoms with Gasteiger partial charge in [-0.1, -0.05) is 42.6 Å². The van der Waals surface area contributed by atoms with E-state index in [-0.39, 0.29) is 15.3 Å². The van der Waals surface area contributed by atoms with Crippen molar-refractivity contribution in [3.63, 3.8) is 0 Å². The van der Waals surface area contributed by atoms with E-state index in [2.05, 4.69) is 23.6 Å². The molecule has 2 aromatic rings. The minimum atomic E-state index is -0.185. The molecule has 0 aromatic heterocycles. The Labute approximate surface area is 135 Å². The lowest BCUT2D eigenvalue weighted by Crippen LogP contribution is -2.25. The molecule has 0 N–H and O–H groups in total. The molecular formula is C17H15NO2SSi. The van der Waals surface area contributed by atoms with Crippen molar-refractivity contribution in [2.24, 2.45) is 0 Å². The summed E-state index contributed by atoms with van der Waals surface area (Å²) in [5.41, 5.74) is 1.85. The summed E-state index contributed by atoms with van der Waals surface area (Å²) in [5, 5.41) is 0.941. The highest BCUT2D eigenvalue weighted by atomic mass is 32.2. The Morgan fingerprint density at radius 2 is 1.91 bits per heavy atom. The number of fused-ring (bicyclic) bond motifs is 2. The van der Waals surface area contributed by atoms with Crippen molar-refractivity contribution >= 4 is 32.8 Å². The predicted molar refractivity (Wildman–Crippen MR) is 92.5 cm³/mol. The second-order valence-electron chi connectivity index (χ2n) is 5.28. The first-order chi connectivity index (χ1) is 10.8. The summed E-state index contributed by atoms with van der Waals surface area (Å²) >= 11 is 1.64.